The van der Waals surface area contributed by atoms with E-state index in [1.165, 1.54) is 20.8 Å². The maximum atomic E-state index is 11.5. The number of aliphatic hydroxyl groups is 6. The molecule has 43 nitrogen and oxygen atoms in total. The van der Waals surface area contributed by atoms with Crippen LogP contribution in [-0.2, 0) is 153 Å². The van der Waals surface area contributed by atoms with E-state index >= 15 is 0 Å². The molecule has 0 aromatic carbocycles. The molecule has 3 amide bonds. The fourth-order valence-corrected chi connectivity index (χ4v) is 12.1. The van der Waals surface area contributed by atoms with Crippen molar-refractivity contribution < 1.29 is 144 Å². The first kappa shape index (κ1) is 85.7. The quantitative estimate of drug-likeness (QED) is 0.0235. The molecule has 6 fully saturated rings. The van der Waals surface area contributed by atoms with E-state index < -0.39 is 96.0 Å². The Bertz CT molecular complexity index is 2750. The number of carbonyl (C=O) groups excluding carboxylic acids is 3. The Balaban J connectivity index is 0.606. The van der Waals surface area contributed by atoms with E-state index in [0.717, 1.165) is 0 Å². The van der Waals surface area contributed by atoms with Crippen molar-refractivity contribution in [2.45, 2.75) is 156 Å². The molecule has 15 atom stereocenters. The molecule has 3 aromatic rings. The van der Waals surface area contributed by atoms with E-state index in [1.54, 1.807) is 32.6 Å². The first-order valence-corrected chi connectivity index (χ1v) is 35.7. The molecular formula is C64H107N13O30. The molecule has 9 heterocycles. The van der Waals surface area contributed by atoms with Gasteiger partial charge in [-0.1, -0.05) is 15.6 Å². The standard InChI is InChI=1S/C64H107N13O30/c1-43(78)66-49-52(81)55(84)62(40-102-58(49)105-62)37-96-25-22-93-19-16-90-13-10-87-7-4-75-28-46(69-72-75)31-99-34-61(65,35-100-32-47-29-76(73-70-47)5-8-88-11-14-91-17-20-94-23-26-97-38-63-41-103-59(106-63)50(67-44(2)79)53(82)56(63)85)36-101-33-48-30-77(74-71-48)6-9-89-12-15-92-18-21-95-24-27-98-39-64-42-104-60(107-64)51(68-45(3)80)54(83)57(64)86/h28-30,49-60,81-86H,4-27,31-42,65H2,1-3H3,(H,66,78)(H,67,79)(H,68,80)/t49-,50-,51-,52-,53-,54-,55-,56-,57-,58+,59+,60+,62+,63+,64+/m1/s1. The van der Waals surface area contributed by atoms with Crippen molar-refractivity contribution in [2.24, 2.45) is 5.73 Å². The van der Waals surface area contributed by atoms with Gasteiger partial charge >= 0.3 is 0 Å². The Labute approximate surface area is 617 Å². The second-order valence-electron chi connectivity index (χ2n) is 26.5. The molecule has 6 bridgehead atoms. The molecule has 0 spiro atoms. The second-order valence-corrected chi connectivity index (χ2v) is 26.5. The number of hydrogen-bond donors (Lipinski definition) is 10. The van der Waals surface area contributed by atoms with Crippen molar-refractivity contribution in [1.29, 1.82) is 0 Å². The smallest absolute Gasteiger partial charge is 0.217 e. The van der Waals surface area contributed by atoms with Crippen LogP contribution >= 0.6 is 0 Å². The fourth-order valence-electron chi connectivity index (χ4n) is 12.1. The molecule has 6 aliphatic heterocycles. The number of amides is 3. The number of aliphatic hydroxyl groups excluding tert-OH is 6. The summed E-state index contributed by atoms with van der Waals surface area (Å²) in [6.45, 7) is 11.7. The molecule has 43 heteroatoms. The summed E-state index contributed by atoms with van der Waals surface area (Å²) in [5.41, 5.74) is 3.71. The maximum absolute atomic E-state index is 11.5. The van der Waals surface area contributed by atoms with Gasteiger partial charge in [0.05, 0.1) is 262 Å². The van der Waals surface area contributed by atoms with Gasteiger partial charge in [-0.2, -0.15) is 0 Å². The highest BCUT2D eigenvalue weighted by molar-refractivity contribution is 5.74. The minimum atomic E-state index is -1.33. The number of aromatic nitrogens is 9. The summed E-state index contributed by atoms with van der Waals surface area (Å²) < 4.78 is 125. The largest absolute Gasteiger partial charge is 0.388 e. The monoisotopic (exact) mass is 1540 g/mol. The van der Waals surface area contributed by atoms with Crippen molar-refractivity contribution >= 4 is 17.7 Å². The van der Waals surface area contributed by atoms with Gasteiger partial charge in [-0.3, -0.25) is 14.4 Å². The van der Waals surface area contributed by atoms with Crippen LogP contribution in [-0.4, -0.2) is 388 Å². The second kappa shape index (κ2) is 44.1. The lowest BCUT2D eigenvalue weighted by Crippen LogP contribution is -2.66. The zero-order valence-electron chi connectivity index (χ0n) is 60.7. The fraction of sp³-hybridized carbons (Fsp3) is 0.859. The van der Waals surface area contributed by atoms with Crippen molar-refractivity contribution in [3.63, 3.8) is 0 Å². The number of hydrogen-bond acceptors (Lipinski definition) is 37. The average Bonchev–Trinajstić information content (AvgIpc) is 1.64. The molecule has 0 aliphatic carbocycles. The highest BCUT2D eigenvalue weighted by Crippen LogP contribution is 2.40. The van der Waals surface area contributed by atoms with Gasteiger partial charge in [0.2, 0.25) is 17.7 Å². The number of ether oxygens (including phenoxy) is 21. The normalized spacial score (nSPS) is 28.1. The van der Waals surface area contributed by atoms with Crippen molar-refractivity contribution in [2.75, 3.05) is 198 Å². The minimum absolute atomic E-state index is 0.000783. The summed E-state index contributed by atoms with van der Waals surface area (Å²) in [5, 5.41) is 96.8. The first-order chi connectivity index (χ1) is 51.8. The molecule has 3 aromatic heterocycles. The van der Waals surface area contributed by atoms with Crippen LogP contribution in [0.2, 0.25) is 0 Å². The van der Waals surface area contributed by atoms with Gasteiger partial charge in [0.15, 0.2) is 18.9 Å². The number of carbonyl (C=O) groups is 3. The van der Waals surface area contributed by atoms with Crippen LogP contribution in [0, 0.1) is 0 Å². The molecule has 6 saturated heterocycles. The molecule has 11 N–H and O–H groups in total. The van der Waals surface area contributed by atoms with E-state index in [2.05, 4.69) is 46.9 Å². The van der Waals surface area contributed by atoms with E-state index in [0.29, 0.717) is 136 Å². The van der Waals surface area contributed by atoms with Crippen LogP contribution < -0.4 is 21.7 Å². The van der Waals surface area contributed by atoms with Gasteiger partial charge in [-0.05, 0) is 0 Å². The van der Waals surface area contributed by atoms with Gasteiger partial charge in [0.25, 0.3) is 0 Å². The maximum Gasteiger partial charge on any atom is 0.217 e. The van der Waals surface area contributed by atoms with Crippen molar-refractivity contribution in [3.05, 3.63) is 35.7 Å². The summed E-state index contributed by atoms with van der Waals surface area (Å²) in [4.78, 5) is 34.6. The van der Waals surface area contributed by atoms with Crippen molar-refractivity contribution in [3.8, 4) is 0 Å². The molecule has 107 heavy (non-hydrogen) atoms. The third-order valence-corrected chi connectivity index (χ3v) is 17.7. The molecular weight excluding hydrogens is 1430 g/mol. The Morgan fingerprint density at radius 1 is 0.402 bits per heavy atom. The molecule has 6 aliphatic rings. The summed E-state index contributed by atoms with van der Waals surface area (Å²) in [6, 6.07) is -2.68. The highest BCUT2D eigenvalue weighted by atomic mass is 16.8. The Kier molecular flexibility index (Phi) is 35.3. The average molecular weight is 1540 g/mol. The topological polar surface area (TPSA) is 521 Å². The third-order valence-electron chi connectivity index (χ3n) is 17.7. The molecule has 9 rings (SSSR count). The van der Waals surface area contributed by atoms with E-state index in [1.807, 2.05) is 0 Å². The summed E-state index contributed by atoms with van der Waals surface area (Å²) >= 11 is 0. The van der Waals surface area contributed by atoms with Crippen LogP contribution in [0.5, 0.6) is 0 Å². The van der Waals surface area contributed by atoms with Gasteiger partial charge in [-0.25, -0.2) is 14.0 Å². The molecule has 0 unspecified atom stereocenters. The van der Waals surface area contributed by atoms with Crippen LogP contribution in [0.15, 0.2) is 18.6 Å². The third kappa shape index (κ3) is 26.4. The Morgan fingerprint density at radius 2 is 0.636 bits per heavy atom. The number of rotatable bonds is 57. The van der Waals surface area contributed by atoms with Crippen LogP contribution in [0.3, 0.4) is 0 Å². The zero-order valence-corrected chi connectivity index (χ0v) is 60.7. The molecule has 0 saturated carbocycles. The van der Waals surface area contributed by atoms with Gasteiger partial charge < -0.3 is 152 Å². The molecule has 0 radical (unpaired) electrons. The zero-order chi connectivity index (χ0) is 75.9. The van der Waals surface area contributed by atoms with Crippen molar-refractivity contribution in [1.82, 2.24) is 60.9 Å². The van der Waals surface area contributed by atoms with Crippen LogP contribution in [0.25, 0.3) is 0 Å². The minimum Gasteiger partial charge on any atom is -0.388 e. The Morgan fingerprint density at radius 3 is 0.879 bits per heavy atom. The number of nitrogens with zero attached hydrogens (tertiary/aromatic N) is 9. The van der Waals surface area contributed by atoms with Crippen LogP contribution in [0.4, 0.5) is 0 Å². The number of fused-ring (bicyclic) bond motifs is 6. The van der Waals surface area contributed by atoms with E-state index in [9.17, 15) is 45.0 Å². The lowest BCUT2D eigenvalue weighted by atomic mass is 9.88. The SMILES string of the molecule is CC(=O)N[C@H]1[C@H]2OC[C@](COCCOCCOCCOCCn3cc(COCC(N)(COCc4cn(CCOCCOCCOCCOC[C@@]56CO[C@@H](O5)[C@H](NC(C)=O)[C@@H](O)[C@H]6O)nn4)COCc4cn(CCOCCOCCOCCOC[C@@]56CO[C@@H](O5)[C@H](NC(C)=O)[C@@H](O)[C@H]6O)nn4)nn3)(O2)[C@H](O)[C@@H]1O. The Hall–Kier alpha value is -5.29. The van der Waals surface area contributed by atoms with Gasteiger partial charge in [0, 0.05) is 20.8 Å². The number of nitrogens with one attached hydrogen (secondary N) is 3. The lowest BCUT2D eigenvalue weighted by molar-refractivity contribution is -0.238. The summed E-state index contributed by atoms with van der Waals surface area (Å²) in [6.07, 6.45) is -5.29. The van der Waals surface area contributed by atoms with Crippen LogP contribution in [0.1, 0.15) is 37.9 Å². The predicted octanol–water partition coefficient (Wildman–Crippen LogP) is -7.64. The van der Waals surface area contributed by atoms with E-state index in [-0.39, 0.29) is 137 Å². The van der Waals surface area contributed by atoms with E-state index in [4.69, 9.17) is 105 Å². The first-order valence-electron chi connectivity index (χ1n) is 35.7. The van der Waals surface area contributed by atoms with Gasteiger partial charge in [-0.15, -0.1) is 15.3 Å². The molecule has 608 valence electrons. The van der Waals surface area contributed by atoms with Gasteiger partial charge in [0.1, 0.15) is 88.6 Å². The summed E-state index contributed by atoms with van der Waals surface area (Å²) in [5.74, 6) is -1.15. The highest BCUT2D eigenvalue weighted by Gasteiger charge is 2.62. The lowest BCUT2D eigenvalue weighted by Gasteiger charge is -2.42. The number of nitrogens with two attached hydrogens (primary N) is 1. The summed E-state index contributed by atoms with van der Waals surface area (Å²) in [7, 11) is 0. The predicted molar refractivity (Wildman–Crippen MR) is 355 cm³/mol.